The van der Waals surface area contributed by atoms with Gasteiger partial charge in [0, 0.05) is 12.1 Å². The van der Waals surface area contributed by atoms with Crippen molar-refractivity contribution in [2.75, 3.05) is 7.05 Å². The van der Waals surface area contributed by atoms with Crippen molar-refractivity contribution in [2.45, 2.75) is 56.0 Å². The predicted octanol–water partition coefficient (Wildman–Crippen LogP) is 2.55. The van der Waals surface area contributed by atoms with Crippen LogP contribution in [0.25, 0.3) is 0 Å². The summed E-state index contributed by atoms with van der Waals surface area (Å²) in [4.78, 5) is 0.0312. The highest BCUT2D eigenvalue weighted by Crippen LogP contribution is 2.30. The quantitative estimate of drug-likeness (QED) is 0.878. The molecule has 1 aromatic carbocycles. The molecule has 4 nitrogen and oxygen atoms in total. The zero-order valence-corrected chi connectivity index (χ0v) is 13.4. The molecule has 21 heavy (non-hydrogen) atoms. The van der Waals surface area contributed by atoms with Gasteiger partial charge in [0.25, 0.3) is 0 Å². The van der Waals surface area contributed by atoms with Crippen LogP contribution in [0.15, 0.2) is 23.1 Å². The summed E-state index contributed by atoms with van der Waals surface area (Å²) >= 11 is 0. The van der Waals surface area contributed by atoms with Gasteiger partial charge in [-0.1, -0.05) is 25.3 Å². The first-order valence-corrected chi connectivity index (χ1v) is 8.82. The van der Waals surface area contributed by atoms with Crippen LogP contribution in [0.3, 0.4) is 0 Å². The molecule has 0 atom stereocenters. The first-order chi connectivity index (χ1) is 9.86. The fourth-order valence-corrected chi connectivity index (χ4v) is 4.64. The number of halogens is 1. The Bertz CT molecular complexity index is 596. The summed E-state index contributed by atoms with van der Waals surface area (Å²) in [6.45, 7) is 2.31. The smallest absolute Gasteiger partial charge is 0.241 e. The molecule has 1 aliphatic carbocycles. The molecule has 1 saturated carbocycles. The number of nitrogens with one attached hydrogen (secondary N) is 2. The van der Waals surface area contributed by atoms with Crippen LogP contribution in [0.5, 0.6) is 0 Å². The molecule has 2 N–H and O–H groups in total. The van der Waals surface area contributed by atoms with Crippen LogP contribution in [0.2, 0.25) is 0 Å². The van der Waals surface area contributed by atoms with Crippen LogP contribution in [0, 0.1) is 5.82 Å². The fourth-order valence-electron chi connectivity index (χ4n) is 2.93. The van der Waals surface area contributed by atoms with Crippen LogP contribution in [0.1, 0.15) is 44.6 Å². The molecule has 1 aliphatic rings. The van der Waals surface area contributed by atoms with Gasteiger partial charge in [-0.3, -0.25) is 0 Å². The average molecular weight is 314 g/mol. The molecule has 6 heteroatoms. The van der Waals surface area contributed by atoms with Crippen molar-refractivity contribution >= 4 is 10.0 Å². The molecule has 0 spiro atoms. The van der Waals surface area contributed by atoms with Crippen LogP contribution in [0.4, 0.5) is 4.39 Å². The number of benzene rings is 1. The highest BCUT2D eigenvalue weighted by atomic mass is 32.2. The van der Waals surface area contributed by atoms with Gasteiger partial charge in [-0.15, -0.1) is 0 Å². The van der Waals surface area contributed by atoms with Crippen LogP contribution in [-0.2, 0) is 16.6 Å². The molecular formula is C15H23FN2O2S. The number of hydrogen-bond donors (Lipinski definition) is 2. The minimum Gasteiger partial charge on any atom is -0.316 e. The molecule has 0 aliphatic heterocycles. The zero-order chi connectivity index (χ0) is 15.5. The maximum absolute atomic E-state index is 13.5. The van der Waals surface area contributed by atoms with Crippen molar-refractivity contribution in [1.82, 2.24) is 10.0 Å². The van der Waals surface area contributed by atoms with E-state index in [1.54, 1.807) is 7.05 Å². The lowest BCUT2D eigenvalue weighted by Crippen LogP contribution is -2.47. The highest BCUT2D eigenvalue weighted by molar-refractivity contribution is 7.89. The third-order valence-corrected chi connectivity index (χ3v) is 5.74. The average Bonchev–Trinajstić information content (AvgIpc) is 2.40. The van der Waals surface area contributed by atoms with Crippen molar-refractivity contribution in [1.29, 1.82) is 0 Å². The van der Waals surface area contributed by atoms with Gasteiger partial charge < -0.3 is 5.32 Å². The summed E-state index contributed by atoms with van der Waals surface area (Å²) in [5.74, 6) is -0.538. The molecule has 0 amide bonds. The van der Waals surface area contributed by atoms with E-state index in [4.69, 9.17) is 0 Å². The molecule has 0 aromatic heterocycles. The van der Waals surface area contributed by atoms with Crippen molar-refractivity contribution in [3.8, 4) is 0 Å². The summed E-state index contributed by atoms with van der Waals surface area (Å²) in [5.41, 5.74) is 0.145. The second-order valence-electron chi connectivity index (χ2n) is 6.01. The Morgan fingerprint density at radius 3 is 2.52 bits per heavy atom. The van der Waals surface area contributed by atoms with E-state index in [0.29, 0.717) is 12.1 Å². The fraction of sp³-hybridized carbons (Fsp3) is 0.600. The molecular weight excluding hydrogens is 291 g/mol. The zero-order valence-electron chi connectivity index (χ0n) is 12.6. The van der Waals surface area contributed by atoms with E-state index in [-0.39, 0.29) is 4.90 Å². The summed E-state index contributed by atoms with van der Waals surface area (Å²) in [7, 11) is -1.99. The van der Waals surface area contributed by atoms with Crippen molar-refractivity contribution in [3.05, 3.63) is 29.6 Å². The Kier molecular flexibility index (Phi) is 5.01. The minimum atomic E-state index is -3.72. The molecule has 118 valence electrons. The first-order valence-electron chi connectivity index (χ1n) is 7.33. The van der Waals surface area contributed by atoms with Crippen LogP contribution >= 0.6 is 0 Å². The van der Waals surface area contributed by atoms with E-state index in [2.05, 4.69) is 10.0 Å². The lowest BCUT2D eigenvalue weighted by atomic mass is 9.84. The van der Waals surface area contributed by atoms with E-state index < -0.39 is 21.4 Å². The topological polar surface area (TPSA) is 58.2 Å². The highest BCUT2D eigenvalue weighted by Gasteiger charge is 2.33. The minimum absolute atomic E-state index is 0.0312. The third-order valence-electron chi connectivity index (χ3n) is 4.02. The summed E-state index contributed by atoms with van der Waals surface area (Å²) in [6.07, 6.45) is 4.82. The molecule has 0 saturated heterocycles. The van der Waals surface area contributed by atoms with Crippen LogP contribution in [-0.4, -0.2) is 21.0 Å². The summed E-state index contributed by atoms with van der Waals surface area (Å²) < 4.78 is 41.6. The molecule has 2 rings (SSSR count). The monoisotopic (exact) mass is 314 g/mol. The summed E-state index contributed by atoms with van der Waals surface area (Å²) in [5, 5.41) is 2.91. The normalized spacial score (nSPS) is 18.6. The first kappa shape index (κ1) is 16.4. The Hall–Kier alpha value is -0.980. The van der Waals surface area contributed by atoms with Gasteiger partial charge in [-0.25, -0.2) is 17.5 Å². The molecule has 0 heterocycles. The van der Waals surface area contributed by atoms with Crippen molar-refractivity contribution in [2.24, 2.45) is 0 Å². The lowest BCUT2D eigenvalue weighted by molar-refractivity contribution is 0.294. The lowest BCUT2D eigenvalue weighted by Gasteiger charge is -2.34. The standard InChI is InChI=1S/C15H23FN2O2S/c1-15(8-4-3-5-9-15)18-21(19,20)14-10-13(16)7-6-12(14)11-17-2/h6-7,10,17-18H,3-5,8-9,11H2,1-2H3. The largest absolute Gasteiger partial charge is 0.316 e. The van der Waals surface area contributed by atoms with Gasteiger partial charge in [-0.05, 0) is 44.5 Å². The van der Waals surface area contributed by atoms with Gasteiger partial charge in [0.1, 0.15) is 5.82 Å². The number of rotatable bonds is 5. The second-order valence-corrected chi connectivity index (χ2v) is 7.66. The number of sulfonamides is 1. The molecule has 0 unspecified atom stereocenters. The van der Waals surface area contributed by atoms with Gasteiger partial charge in [0.05, 0.1) is 4.90 Å². The SMILES string of the molecule is CNCc1ccc(F)cc1S(=O)(=O)NC1(C)CCCCC1. The maximum atomic E-state index is 13.5. The van der Waals surface area contributed by atoms with E-state index in [9.17, 15) is 12.8 Å². The van der Waals surface area contributed by atoms with Crippen LogP contribution < -0.4 is 10.0 Å². The van der Waals surface area contributed by atoms with E-state index >= 15 is 0 Å². The predicted molar refractivity (Wildman–Crippen MR) is 81.0 cm³/mol. The van der Waals surface area contributed by atoms with Gasteiger partial charge in [0.15, 0.2) is 0 Å². The Morgan fingerprint density at radius 2 is 1.90 bits per heavy atom. The van der Waals surface area contributed by atoms with Gasteiger partial charge in [-0.2, -0.15) is 0 Å². The Labute approximate surface area is 126 Å². The van der Waals surface area contributed by atoms with E-state index in [1.807, 2.05) is 6.92 Å². The Morgan fingerprint density at radius 1 is 1.24 bits per heavy atom. The Balaban J connectivity index is 2.32. The maximum Gasteiger partial charge on any atom is 0.241 e. The van der Waals surface area contributed by atoms with Crippen molar-refractivity contribution in [3.63, 3.8) is 0 Å². The van der Waals surface area contributed by atoms with E-state index in [1.165, 1.54) is 12.1 Å². The second kappa shape index (κ2) is 6.42. The third kappa shape index (κ3) is 4.02. The summed E-state index contributed by atoms with van der Waals surface area (Å²) in [6, 6.07) is 3.90. The number of hydrogen-bond acceptors (Lipinski definition) is 3. The molecule has 1 fully saturated rings. The van der Waals surface area contributed by atoms with E-state index in [0.717, 1.165) is 38.2 Å². The molecule has 1 aromatic rings. The van der Waals surface area contributed by atoms with Crippen molar-refractivity contribution < 1.29 is 12.8 Å². The van der Waals surface area contributed by atoms with Gasteiger partial charge in [0.2, 0.25) is 10.0 Å². The molecule has 0 radical (unpaired) electrons. The molecule has 0 bridgehead atoms. The van der Waals surface area contributed by atoms with Gasteiger partial charge >= 0.3 is 0 Å².